The van der Waals surface area contributed by atoms with E-state index < -0.39 is 9.84 Å². The second kappa shape index (κ2) is 6.04. The second-order valence-electron chi connectivity index (χ2n) is 6.25. The molecule has 0 aromatic carbocycles. The minimum Gasteiger partial charge on any atom is -0.459 e. The van der Waals surface area contributed by atoms with Gasteiger partial charge in [-0.3, -0.25) is 9.69 Å². The van der Waals surface area contributed by atoms with E-state index in [4.69, 9.17) is 4.42 Å². The molecule has 0 saturated carbocycles. The fourth-order valence-corrected chi connectivity index (χ4v) is 5.37. The van der Waals surface area contributed by atoms with E-state index in [0.29, 0.717) is 0 Å². The smallest absolute Gasteiger partial charge is 0.287 e. The van der Waals surface area contributed by atoms with Crippen molar-refractivity contribution in [2.24, 2.45) is 0 Å². The average Bonchev–Trinajstić information content (AvgIpc) is 3.03. The van der Waals surface area contributed by atoms with E-state index in [1.807, 2.05) is 0 Å². The van der Waals surface area contributed by atoms with Crippen molar-refractivity contribution in [1.82, 2.24) is 10.2 Å². The van der Waals surface area contributed by atoms with E-state index in [-0.39, 0.29) is 35.3 Å². The molecule has 2 atom stereocenters. The largest absolute Gasteiger partial charge is 0.459 e. The minimum atomic E-state index is -3.11. The number of nitrogens with zero attached hydrogens (tertiary/aromatic N) is 1. The highest BCUT2D eigenvalue weighted by Crippen LogP contribution is 2.23. The van der Waals surface area contributed by atoms with Crippen LogP contribution in [-0.2, 0) is 9.84 Å². The molecular formula is C15H22N2O4S. The number of piperidine rings is 1. The van der Waals surface area contributed by atoms with Gasteiger partial charge in [0.05, 0.1) is 23.8 Å². The number of hydrogen-bond acceptors (Lipinski definition) is 5. The number of carbonyl (C=O) groups is 1. The first-order valence-corrected chi connectivity index (χ1v) is 9.58. The van der Waals surface area contributed by atoms with Gasteiger partial charge < -0.3 is 9.73 Å². The molecule has 2 aliphatic rings. The van der Waals surface area contributed by atoms with Gasteiger partial charge >= 0.3 is 0 Å². The highest BCUT2D eigenvalue weighted by Gasteiger charge is 2.42. The molecule has 6 nitrogen and oxygen atoms in total. The Kier molecular flexibility index (Phi) is 4.27. The first-order valence-electron chi connectivity index (χ1n) is 7.76. The molecule has 1 N–H and O–H groups in total. The summed E-state index contributed by atoms with van der Waals surface area (Å²) in [5.41, 5.74) is 0.757. The molecule has 0 spiro atoms. The molecular weight excluding hydrogens is 304 g/mol. The van der Waals surface area contributed by atoms with Crippen molar-refractivity contribution in [2.45, 2.75) is 38.3 Å². The maximum atomic E-state index is 12.3. The van der Waals surface area contributed by atoms with E-state index in [2.05, 4.69) is 10.2 Å². The SMILES string of the molecule is Cc1ccoc1C(=O)N[C@H]1CS(=O)(=O)C[C@H]1N1CCCCC1. The lowest BCUT2D eigenvalue weighted by Gasteiger charge is -2.34. The third kappa shape index (κ3) is 3.20. The van der Waals surface area contributed by atoms with Gasteiger partial charge in [-0.15, -0.1) is 0 Å². The molecule has 0 radical (unpaired) electrons. The average molecular weight is 326 g/mol. The van der Waals surface area contributed by atoms with Gasteiger partial charge in [0.15, 0.2) is 15.6 Å². The van der Waals surface area contributed by atoms with Crippen LogP contribution < -0.4 is 5.32 Å². The molecule has 3 rings (SSSR count). The summed E-state index contributed by atoms with van der Waals surface area (Å²) in [6, 6.07) is 1.24. The zero-order chi connectivity index (χ0) is 15.7. The quantitative estimate of drug-likeness (QED) is 0.895. The lowest BCUT2D eigenvalue weighted by atomic mass is 10.0. The third-order valence-electron chi connectivity index (χ3n) is 4.57. The number of carbonyl (C=O) groups excluding carboxylic acids is 1. The first kappa shape index (κ1) is 15.6. The summed E-state index contributed by atoms with van der Waals surface area (Å²) in [7, 11) is -3.11. The number of rotatable bonds is 3. The van der Waals surface area contributed by atoms with Crippen molar-refractivity contribution in [1.29, 1.82) is 0 Å². The normalized spacial score (nSPS) is 28.6. The number of amides is 1. The van der Waals surface area contributed by atoms with Gasteiger partial charge in [0.2, 0.25) is 0 Å². The summed E-state index contributed by atoms with van der Waals surface area (Å²) < 4.78 is 29.2. The Morgan fingerprint density at radius 2 is 2.00 bits per heavy atom. The van der Waals surface area contributed by atoms with Crippen LogP contribution in [0.15, 0.2) is 16.7 Å². The summed E-state index contributed by atoms with van der Waals surface area (Å²) in [6.07, 6.45) is 4.85. The van der Waals surface area contributed by atoms with Gasteiger partial charge in [-0.1, -0.05) is 6.42 Å². The zero-order valence-electron chi connectivity index (χ0n) is 12.7. The molecule has 7 heteroatoms. The fraction of sp³-hybridized carbons (Fsp3) is 0.667. The summed E-state index contributed by atoms with van der Waals surface area (Å²) in [6.45, 7) is 3.62. The number of nitrogens with one attached hydrogen (secondary N) is 1. The molecule has 0 aliphatic carbocycles. The van der Waals surface area contributed by atoms with Crippen molar-refractivity contribution < 1.29 is 17.6 Å². The standard InChI is InChI=1S/C15H22N2O4S/c1-11-5-8-21-14(11)15(18)16-12-9-22(19,20)10-13(12)17-6-3-2-4-7-17/h5,8,12-13H,2-4,6-7,9-10H2,1H3,(H,16,18)/t12-,13+/m0/s1. The molecule has 2 saturated heterocycles. The van der Waals surface area contributed by atoms with E-state index in [9.17, 15) is 13.2 Å². The van der Waals surface area contributed by atoms with E-state index in [0.717, 1.165) is 31.5 Å². The number of hydrogen-bond donors (Lipinski definition) is 1. The van der Waals surface area contributed by atoms with E-state index in [1.165, 1.54) is 12.7 Å². The lowest BCUT2D eigenvalue weighted by Crippen LogP contribution is -2.52. The van der Waals surface area contributed by atoms with Crippen molar-refractivity contribution in [2.75, 3.05) is 24.6 Å². The molecule has 0 unspecified atom stereocenters. The Balaban J connectivity index is 1.75. The van der Waals surface area contributed by atoms with Crippen molar-refractivity contribution in [3.63, 3.8) is 0 Å². The van der Waals surface area contributed by atoms with Crippen molar-refractivity contribution in [3.8, 4) is 0 Å². The Hall–Kier alpha value is -1.34. The molecule has 1 aromatic rings. The summed E-state index contributed by atoms with van der Waals surface area (Å²) in [5.74, 6) is 0.0858. The maximum absolute atomic E-state index is 12.3. The van der Waals surface area contributed by atoms with Gasteiger partial charge in [0.25, 0.3) is 5.91 Å². The van der Waals surface area contributed by atoms with Gasteiger partial charge in [0, 0.05) is 11.6 Å². The van der Waals surface area contributed by atoms with Crippen molar-refractivity contribution >= 4 is 15.7 Å². The molecule has 2 fully saturated rings. The van der Waals surface area contributed by atoms with Crippen LogP contribution >= 0.6 is 0 Å². The van der Waals surface area contributed by atoms with Crippen LogP contribution in [0, 0.1) is 6.92 Å². The van der Waals surface area contributed by atoms with Crippen LogP contribution in [0.1, 0.15) is 35.4 Å². The highest BCUT2D eigenvalue weighted by atomic mass is 32.2. The monoisotopic (exact) mass is 326 g/mol. The summed E-state index contributed by atoms with van der Waals surface area (Å²) in [5, 5.41) is 2.87. The minimum absolute atomic E-state index is 0.0136. The molecule has 22 heavy (non-hydrogen) atoms. The fourth-order valence-electron chi connectivity index (χ4n) is 3.42. The van der Waals surface area contributed by atoms with Crippen LogP contribution in [0.2, 0.25) is 0 Å². The number of furan rings is 1. The molecule has 3 heterocycles. The predicted octanol–water partition coefficient (Wildman–Crippen LogP) is 0.969. The number of aryl methyl sites for hydroxylation is 1. The van der Waals surface area contributed by atoms with Gasteiger partial charge in [0.1, 0.15) is 0 Å². The van der Waals surface area contributed by atoms with Gasteiger partial charge in [-0.25, -0.2) is 8.42 Å². The Morgan fingerprint density at radius 1 is 1.27 bits per heavy atom. The van der Waals surface area contributed by atoms with Gasteiger partial charge in [-0.05, 0) is 38.9 Å². The first-order chi connectivity index (χ1) is 10.5. The van der Waals surface area contributed by atoms with Crippen LogP contribution in [0.5, 0.6) is 0 Å². The number of likely N-dealkylation sites (tertiary alicyclic amines) is 1. The molecule has 1 aromatic heterocycles. The van der Waals surface area contributed by atoms with Crippen LogP contribution in [-0.4, -0.2) is 55.9 Å². The zero-order valence-corrected chi connectivity index (χ0v) is 13.6. The topological polar surface area (TPSA) is 79.6 Å². The van der Waals surface area contributed by atoms with Crippen LogP contribution in [0.25, 0.3) is 0 Å². The van der Waals surface area contributed by atoms with E-state index >= 15 is 0 Å². The maximum Gasteiger partial charge on any atom is 0.287 e. The van der Waals surface area contributed by atoms with E-state index in [1.54, 1.807) is 13.0 Å². The molecule has 2 aliphatic heterocycles. The van der Waals surface area contributed by atoms with Crippen LogP contribution in [0.3, 0.4) is 0 Å². The number of sulfone groups is 1. The van der Waals surface area contributed by atoms with Gasteiger partial charge in [-0.2, -0.15) is 0 Å². The third-order valence-corrected chi connectivity index (χ3v) is 6.28. The predicted molar refractivity (Wildman–Crippen MR) is 82.6 cm³/mol. The summed E-state index contributed by atoms with van der Waals surface area (Å²) >= 11 is 0. The Morgan fingerprint density at radius 3 is 2.64 bits per heavy atom. The lowest BCUT2D eigenvalue weighted by molar-refractivity contribution is 0.0872. The second-order valence-corrected chi connectivity index (χ2v) is 8.41. The Labute approximate surface area is 130 Å². The summed E-state index contributed by atoms with van der Waals surface area (Å²) in [4.78, 5) is 14.5. The molecule has 1 amide bonds. The highest BCUT2D eigenvalue weighted by molar-refractivity contribution is 7.91. The van der Waals surface area contributed by atoms with Crippen molar-refractivity contribution in [3.05, 3.63) is 23.7 Å². The molecule has 122 valence electrons. The molecule has 0 bridgehead atoms. The van der Waals surface area contributed by atoms with Crippen LogP contribution in [0.4, 0.5) is 0 Å². The Bertz CT molecular complexity index is 646.